The standard InChI is InChI=1S/C15H24N2O2/c1-5-6-11(16)14(19)17-12-9-10(15(2,3)4)7-8-13(12)18/h7-9,11,18H,5-6,16H2,1-4H3,(H,17,19). The highest BCUT2D eigenvalue weighted by atomic mass is 16.3. The Labute approximate surface area is 115 Å². The van der Waals surface area contributed by atoms with Crippen LogP contribution in [0.15, 0.2) is 18.2 Å². The van der Waals surface area contributed by atoms with E-state index in [1.54, 1.807) is 12.1 Å². The number of rotatable bonds is 4. The molecule has 0 bridgehead atoms. The molecule has 4 N–H and O–H groups in total. The first-order valence-corrected chi connectivity index (χ1v) is 6.65. The SMILES string of the molecule is CCCC(N)C(=O)Nc1cc(C(C)(C)C)ccc1O. The molecule has 1 aromatic rings. The Kier molecular flexibility index (Phi) is 4.95. The minimum absolute atomic E-state index is 0.0429. The molecule has 4 nitrogen and oxygen atoms in total. The summed E-state index contributed by atoms with van der Waals surface area (Å²) in [5.74, 6) is -0.201. The molecule has 0 fully saturated rings. The van der Waals surface area contributed by atoms with Gasteiger partial charge < -0.3 is 16.2 Å². The second kappa shape index (κ2) is 6.06. The quantitative estimate of drug-likeness (QED) is 0.732. The summed E-state index contributed by atoms with van der Waals surface area (Å²) in [4.78, 5) is 11.9. The van der Waals surface area contributed by atoms with Crippen molar-refractivity contribution >= 4 is 11.6 Å². The number of benzene rings is 1. The molecule has 1 unspecified atom stereocenters. The Hall–Kier alpha value is -1.55. The Morgan fingerprint density at radius 2 is 2.05 bits per heavy atom. The van der Waals surface area contributed by atoms with E-state index in [0.717, 1.165) is 12.0 Å². The fourth-order valence-corrected chi connectivity index (χ4v) is 1.77. The minimum atomic E-state index is -0.539. The van der Waals surface area contributed by atoms with Crippen molar-refractivity contribution in [1.82, 2.24) is 0 Å². The van der Waals surface area contributed by atoms with Gasteiger partial charge in [0.25, 0.3) is 0 Å². The molecule has 1 aromatic carbocycles. The molecule has 1 atom stereocenters. The summed E-state index contributed by atoms with van der Waals surface area (Å²) in [7, 11) is 0. The lowest BCUT2D eigenvalue weighted by Crippen LogP contribution is -2.35. The van der Waals surface area contributed by atoms with Gasteiger partial charge in [-0.15, -0.1) is 0 Å². The van der Waals surface area contributed by atoms with Gasteiger partial charge in [0, 0.05) is 0 Å². The molecule has 0 aliphatic heterocycles. The van der Waals surface area contributed by atoms with Gasteiger partial charge in [-0.1, -0.05) is 40.2 Å². The van der Waals surface area contributed by atoms with Gasteiger partial charge in [-0.3, -0.25) is 4.79 Å². The highest BCUT2D eigenvalue weighted by molar-refractivity contribution is 5.95. The Morgan fingerprint density at radius 3 is 2.58 bits per heavy atom. The van der Waals surface area contributed by atoms with Gasteiger partial charge in [0.2, 0.25) is 5.91 Å². The fraction of sp³-hybridized carbons (Fsp3) is 0.533. The van der Waals surface area contributed by atoms with E-state index < -0.39 is 6.04 Å². The van der Waals surface area contributed by atoms with E-state index in [0.29, 0.717) is 12.1 Å². The van der Waals surface area contributed by atoms with Crippen LogP contribution in [-0.4, -0.2) is 17.1 Å². The zero-order valence-electron chi connectivity index (χ0n) is 12.2. The van der Waals surface area contributed by atoms with Crippen LogP contribution >= 0.6 is 0 Å². The third-order valence-corrected chi connectivity index (χ3v) is 3.06. The van der Waals surface area contributed by atoms with Crippen molar-refractivity contribution in [3.05, 3.63) is 23.8 Å². The summed E-state index contributed by atoms with van der Waals surface area (Å²) < 4.78 is 0. The number of nitrogens with two attached hydrogens (primary N) is 1. The topological polar surface area (TPSA) is 75.4 Å². The Bertz CT molecular complexity index is 450. The van der Waals surface area contributed by atoms with E-state index in [9.17, 15) is 9.90 Å². The molecule has 0 saturated carbocycles. The van der Waals surface area contributed by atoms with Gasteiger partial charge in [0.1, 0.15) is 5.75 Å². The number of nitrogens with one attached hydrogen (secondary N) is 1. The first kappa shape index (κ1) is 15.5. The van der Waals surface area contributed by atoms with Gasteiger partial charge in [0.05, 0.1) is 11.7 Å². The first-order valence-electron chi connectivity index (χ1n) is 6.65. The third kappa shape index (κ3) is 4.24. The maximum absolute atomic E-state index is 11.9. The lowest BCUT2D eigenvalue weighted by molar-refractivity contribution is -0.117. The van der Waals surface area contributed by atoms with Gasteiger partial charge in [0.15, 0.2) is 0 Å². The van der Waals surface area contributed by atoms with Gasteiger partial charge in [-0.25, -0.2) is 0 Å². The molecule has 0 radical (unpaired) electrons. The number of carbonyl (C=O) groups excluding carboxylic acids is 1. The van der Waals surface area contributed by atoms with Crippen LogP contribution in [0.2, 0.25) is 0 Å². The minimum Gasteiger partial charge on any atom is -0.506 e. The Morgan fingerprint density at radius 1 is 1.42 bits per heavy atom. The highest BCUT2D eigenvalue weighted by Crippen LogP contribution is 2.30. The van der Waals surface area contributed by atoms with E-state index in [1.165, 1.54) is 0 Å². The molecule has 0 aliphatic rings. The molecule has 1 amide bonds. The van der Waals surface area contributed by atoms with E-state index in [1.807, 2.05) is 13.0 Å². The van der Waals surface area contributed by atoms with Crippen molar-refractivity contribution in [3.8, 4) is 5.75 Å². The van der Waals surface area contributed by atoms with E-state index in [-0.39, 0.29) is 17.1 Å². The predicted molar refractivity (Wildman–Crippen MR) is 78.3 cm³/mol. The van der Waals surface area contributed by atoms with Crippen LogP contribution in [0.4, 0.5) is 5.69 Å². The van der Waals surface area contributed by atoms with Crippen molar-refractivity contribution in [2.24, 2.45) is 5.73 Å². The van der Waals surface area contributed by atoms with Gasteiger partial charge in [-0.2, -0.15) is 0 Å². The number of carbonyl (C=O) groups is 1. The molecule has 0 spiro atoms. The van der Waals surface area contributed by atoms with E-state index in [4.69, 9.17) is 5.73 Å². The summed E-state index contributed by atoms with van der Waals surface area (Å²) in [6.07, 6.45) is 1.48. The highest BCUT2D eigenvalue weighted by Gasteiger charge is 2.18. The maximum Gasteiger partial charge on any atom is 0.241 e. The molecule has 4 heteroatoms. The molecular formula is C15H24N2O2. The fourth-order valence-electron chi connectivity index (χ4n) is 1.77. The van der Waals surface area contributed by atoms with Crippen LogP contribution in [0, 0.1) is 0 Å². The molecule has 0 saturated heterocycles. The van der Waals surface area contributed by atoms with Crippen molar-refractivity contribution in [2.75, 3.05) is 5.32 Å². The zero-order valence-corrected chi connectivity index (χ0v) is 12.2. The number of phenolic OH excluding ortho intramolecular Hbond substituents is 1. The summed E-state index contributed by atoms with van der Waals surface area (Å²) in [6.45, 7) is 8.21. The van der Waals surface area contributed by atoms with Crippen LogP contribution in [0.1, 0.15) is 46.1 Å². The van der Waals surface area contributed by atoms with Crippen molar-refractivity contribution in [2.45, 2.75) is 52.0 Å². The molecule has 19 heavy (non-hydrogen) atoms. The molecule has 0 heterocycles. The molecule has 0 aromatic heterocycles. The molecule has 106 valence electrons. The van der Waals surface area contributed by atoms with Crippen molar-refractivity contribution < 1.29 is 9.90 Å². The monoisotopic (exact) mass is 264 g/mol. The average Bonchev–Trinajstić information content (AvgIpc) is 2.30. The number of phenols is 1. The summed E-state index contributed by atoms with van der Waals surface area (Å²) >= 11 is 0. The van der Waals surface area contributed by atoms with Crippen LogP contribution in [0.5, 0.6) is 5.75 Å². The number of amides is 1. The van der Waals surface area contributed by atoms with Gasteiger partial charge in [-0.05, 0) is 29.5 Å². The first-order chi connectivity index (χ1) is 8.75. The lowest BCUT2D eigenvalue weighted by atomic mass is 9.87. The van der Waals surface area contributed by atoms with Crippen molar-refractivity contribution in [3.63, 3.8) is 0 Å². The third-order valence-electron chi connectivity index (χ3n) is 3.06. The van der Waals surface area contributed by atoms with Crippen LogP contribution in [0.25, 0.3) is 0 Å². The Balaban J connectivity index is 2.92. The normalized spacial score (nSPS) is 13.1. The van der Waals surface area contributed by atoms with Crippen LogP contribution in [-0.2, 0) is 10.2 Å². The zero-order chi connectivity index (χ0) is 14.6. The summed E-state index contributed by atoms with van der Waals surface area (Å²) in [6, 6.07) is 4.72. The van der Waals surface area contributed by atoms with E-state index >= 15 is 0 Å². The number of anilines is 1. The predicted octanol–water partition coefficient (Wildman–Crippen LogP) is 2.76. The number of aromatic hydroxyl groups is 1. The second-order valence-corrected chi connectivity index (χ2v) is 5.87. The van der Waals surface area contributed by atoms with Crippen LogP contribution < -0.4 is 11.1 Å². The van der Waals surface area contributed by atoms with Crippen molar-refractivity contribution in [1.29, 1.82) is 0 Å². The average molecular weight is 264 g/mol. The maximum atomic E-state index is 11.9. The molecule has 0 aliphatic carbocycles. The van der Waals surface area contributed by atoms with Crippen LogP contribution in [0.3, 0.4) is 0 Å². The largest absolute Gasteiger partial charge is 0.506 e. The smallest absolute Gasteiger partial charge is 0.241 e. The molecule has 1 rings (SSSR count). The van der Waals surface area contributed by atoms with Gasteiger partial charge >= 0.3 is 0 Å². The second-order valence-electron chi connectivity index (χ2n) is 5.87. The summed E-state index contributed by atoms with van der Waals surface area (Å²) in [5.41, 5.74) is 7.18. The summed E-state index contributed by atoms with van der Waals surface area (Å²) in [5, 5.41) is 12.5. The lowest BCUT2D eigenvalue weighted by Gasteiger charge is -2.21. The van der Waals surface area contributed by atoms with E-state index in [2.05, 4.69) is 26.1 Å². The number of hydrogen-bond acceptors (Lipinski definition) is 3. The number of hydrogen-bond donors (Lipinski definition) is 3. The molecular weight excluding hydrogens is 240 g/mol.